The molecule has 1 aliphatic heterocycles. The fraction of sp³-hybridized carbons (Fsp3) is 0.417. The van der Waals surface area contributed by atoms with E-state index in [9.17, 15) is 4.79 Å². The van der Waals surface area contributed by atoms with Gasteiger partial charge in [0.1, 0.15) is 0 Å². The number of carbonyl (C=O) groups is 1. The zero-order chi connectivity index (χ0) is 11.5. The van der Waals surface area contributed by atoms with Gasteiger partial charge in [-0.05, 0) is 30.5 Å². The van der Waals surface area contributed by atoms with E-state index < -0.39 is 5.97 Å². The Morgan fingerprint density at radius 1 is 1.38 bits per heavy atom. The van der Waals surface area contributed by atoms with Crippen molar-refractivity contribution in [3.05, 3.63) is 28.8 Å². The molecule has 1 aromatic rings. The standard InChI is InChI=1S/C12H14ClNO2/c13-10-7-9(8-12(15)16)3-4-11(10)14-5-1-2-6-14/h3-4,7H,1-2,5-6,8H2,(H,15,16). The third-order valence-corrected chi connectivity index (χ3v) is 3.12. The molecular formula is C12H14ClNO2. The SMILES string of the molecule is O=C(O)Cc1ccc(N2CCCC2)c(Cl)c1. The monoisotopic (exact) mass is 239 g/mol. The van der Waals surface area contributed by atoms with E-state index in [0.29, 0.717) is 5.02 Å². The van der Waals surface area contributed by atoms with E-state index in [1.165, 1.54) is 12.8 Å². The van der Waals surface area contributed by atoms with Gasteiger partial charge in [0.25, 0.3) is 0 Å². The van der Waals surface area contributed by atoms with Gasteiger partial charge in [-0.1, -0.05) is 17.7 Å². The summed E-state index contributed by atoms with van der Waals surface area (Å²) in [7, 11) is 0. The molecule has 1 fully saturated rings. The van der Waals surface area contributed by atoms with Gasteiger partial charge in [0.15, 0.2) is 0 Å². The minimum Gasteiger partial charge on any atom is -0.481 e. The summed E-state index contributed by atoms with van der Waals surface area (Å²) in [6.07, 6.45) is 2.43. The van der Waals surface area contributed by atoms with Crippen LogP contribution in [0, 0.1) is 0 Å². The lowest BCUT2D eigenvalue weighted by molar-refractivity contribution is -0.136. The highest BCUT2D eigenvalue weighted by Crippen LogP contribution is 2.29. The van der Waals surface area contributed by atoms with E-state index >= 15 is 0 Å². The summed E-state index contributed by atoms with van der Waals surface area (Å²) in [5.74, 6) is -0.829. The Morgan fingerprint density at radius 2 is 2.06 bits per heavy atom. The van der Waals surface area contributed by atoms with Crippen LogP contribution in [-0.2, 0) is 11.2 Å². The fourth-order valence-corrected chi connectivity index (χ4v) is 2.37. The van der Waals surface area contributed by atoms with Crippen molar-refractivity contribution in [2.45, 2.75) is 19.3 Å². The first-order chi connectivity index (χ1) is 7.66. The van der Waals surface area contributed by atoms with Crippen molar-refractivity contribution in [2.75, 3.05) is 18.0 Å². The molecule has 0 unspecified atom stereocenters. The highest BCUT2D eigenvalue weighted by molar-refractivity contribution is 6.33. The Hall–Kier alpha value is -1.22. The number of nitrogens with zero attached hydrogens (tertiary/aromatic N) is 1. The minimum absolute atomic E-state index is 0.0278. The predicted molar refractivity (Wildman–Crippen MR) is 64.2 cm³/mol. The fourth-order valence-electron chi connectivity index (χ4n) is 2.05. The van der Waals surface area contributed by atoms with E-state index in [4.69, 9.17) is 16.7 Å². The Bertz CT molecular complexity index is 400. The molecule has 0 aromatic heterocycles. The lowest BCUT2D eigenvalue weighted by Crippen LogP contribution is -2.18. The van der Waals surface area contributed by atoms with Crippen LogP contribution < -0.4 is 4.90 Å². The molecule has 1 heterocycles. The van der Waals surface area contributed by atoms with Gasteiger partial charge in [0, 0.05) is 13.1 Å². The zero-order valence-corrected chi connectivity index (χ0v) is 9.70. The van der Waals surface area contributed by atoms with Gasteiger partial charge >= 0.3 is 5.97 Å². The maximum absolute atomic E-state index is 10.6. The third-order valence-electron chi connectivity index (χ3n) is 2.81. The second kappa shape index (κ2) is 4.74. The van der Waals surface area contributed by atoms with Gasteiger partial charge in [-0.3, -0.25) is 4.79 Å². The number of carboxylic acids is 1. The van der Waals surface area contributed by atoms with Crippen LogP contribution in [0.15, 0.2) is 18.2 Å². The molecule has 0 spiro atoms. The molecule has 1 N–H and O–H groups in total. The number of halogens is 1. The number of carboxylic acid groups (broad SMARTS) is 1. The van der Waals surface area contributed by atoms with E-state index in [2.05, 4.69) is 4.90 Å². The number of anilines is 1. The molecule has 86 valence electrons. The molecule has 0 bridgehead atoms. The topological polar surface area (TPSA) is 40.5 Å². The number of hydrogen-bond donors (Lipinski definition) is 1. The lowest BCUT2D eigenvalue weighted by Gasteiger charge is -2.19. The van der Waals surface area contributed by atoms with Gasteiger partial charge in [-0.2, -0.15) is 0 Å². The smallest absolute Gasteiger partial charge is 0.307 e. The van der Waals surface area contributed by atoms with Gasteiger partial charge in [0.2, 0.25) is 0 Å². The largest absolute Gasteiger partial charge is 0.481 e. The van der Waals surface area contributed by atoms with Crippen LogP contribution in [0.5, 0.6) is 0 Å². The van der Waals surface area contributed by atoms with Gasteiger partial charge in [0.05, 0.1) is 17.1 Å². The molecule has 2 rings (SSSR count). The van der Waals surface area contributed by atoms with Gasteiger partial charge in [-0.25, -0.2) is 0 Å². The van der Waals surface area contributed by atoms with Gasteiger partial charge in [-0.15, -0.1) is 0 Å². The Kier molecular flexibility index (Phi) is 3.34. The summed E-state index contributed by atoms with van der Waals surface area (Å²) in [5.41, 5.74) is 1.77. The average molecular weight is 240 g/mol. The molecule has 1 aliphatic rings. The first-order valence-electron chi connectivity index (χ1n) is 5.42. The maximum Gasteiger partial charge on any atom is 0.307 e. The van der Waals surface area contributed by atoms with Crippen LogP contribution in [0.4, 0.5) is 5.69 Å². The molecule has 0 radical (unpaired) electrons. The summed E-state index contributed by atoms with van der Waals surface area (Å²) in [4.78, 5) is 12.8. The summed E-state index contributed by atoms with van der Waals surface area (Å²) in [6.45, 7) is 2.08. The maximum atomic E-state index is 10.6. The van der Waals surface area contributed by atoms with Crippen LogP contribution in [0.3, 0.4) is 0 Å². The molecule has 3 nitrogen and oxygen atoms in total. The average Bonchev–Trinajstić information content (AvgIpc) is 2.69. The van der Waals surface area contributed by atoms with Crippen molar-refractivity contribution in [3.8, 4) is 0 Å². The molecule has 0 saturated carbocycles. The highest BCUT2D eigenvalue weighted by Gasteiger charge is 2.15. The second-order valence-electron chi connectivity index (χ2n) is 4.05. The highest BCUT2D eigenvalue weighted by atomic mass is 35.5. The van der Waals surface area contributed by atoms with Crippen molar-refractivity contribution in [3.63, 3.8) is 0 Å². The summed E-state index contributed by atoms with van der Waals surface area (Å²) in [6, 6.07) is 5.52. The number of hydrogen-bond acceptors (Lipinski definition) is 2. The Morgan fingerprint density at radius 3 is 2.62 bits per heavy atom. The molecule has 1 aromatic carbocycles. The predicted octanol–water partition coefficient (Wildman–Crippen LogP) is 2.57. The van der Waals surface area contributed by atoms with E-state index in [0.717, 1.165) is 24.3 Å². The van der Waals surface area contributed by atoms with Crippen molar-refractivity contribution < 1.29 is 9.90 Å². The summed E-state index contributed by atoms with van der Waals surface area (Å²) in [5, 5.41) is 9.34. The quantitative estimate of drug-likeness (QED) is 0.881. The molecular weight excluding hydrogens is 226 g/mol. The first-order valence-corrected chi connectivity index (χ1v) is 5.80. The van der Waals surface area contributed by atoms with Crippen LogP contribution >= 0.6 is 11.6 Å². The number of benzene rings is 1. The van der Waals surface area contributed by atoms with Crippen LogP contribution in [-0.4, -0.2) is 24.2 Å². The zero-order valence-electron chi connectivity index (χ0n) is 8.95. The Balaban J connectivity index is 2.18. The molecule has 0 atom stereocenters. The Labute approximate surface area is 99.6 Å². The first kappa shape index (κ1) is 11.3. The number of aliphatic carboxylic acids is 1. The van der Waals surface area contributed by atoms with Crippen LogP contribution in [0.25, 0.3) is 0 Å². The second-order valence-corrected chi connectivity index (χ2v) is 4.46. The van der Waals surface area contributed by atoms with E-state index in [1.54, 1.807) is 6.07 Å². The minimum atomic E-state index is -0.829. The van der Waals surface area contributed by atoms with E-state index in [-0.39, 0.29) is 6.42 Å². The molecule has 16 heavy (non-hydrogen) atoms. The van der Waals surface area contributed by atoms with Crippen molar-refractivity contribution in [2.24, 2.45) is 0 Å². The summed E-state index contributed by atoms with van der Waals surface area (Å²) < 4.78 is 0. The third kappa shape index (κ3) is 2.47. The van der Waals surface area contributed by atoms with Crippen LogP contribution in [0.2, 0.25) is 5.02 Å². The van der Waals surface area contributed by atoms with Crippen molar-refractivity contribution in [1.82, 2.24) is 0 Å². The number of rotatable bonds is 3. The molecule has 4 heteroatoms. The molecule has 0 amide bonds. The normalized spacial score (nSPS) is 15.4. The molecule has 0 aliphatic carbocycles. The van der Waals surface area contributed by atoms with Crippen molar-refractivity contribution in [1.29, 1.82) is 0 Å². The lowest BCUT2D eigenvalue weighted by atomic mass is 10.1. The summed E-state index contributed by atoms with van der Waals surface area (Å²) >= 11 is 6.16. The van der Waals surface area contributed by atoms with Gasteiger partial charge < -0.3 is 10.0 Å². The molecule has 1 saturated heterocycles. The van der Waals surface area contributed by atoms with Crippen LogP contribution in [0.1, 0.15) is 18.4 Å². The van der Waals surface area contributed by atoms with E-state index in [1.807, 2.05) is 12.1 Å². The van der Waals surface area contributed by atoms with Crippen molar-refractivity contribution >= 4 is 23.3 Å².